The summed E-state index contributed by atoms with van der Waals surface area (Å²) in [6.07, 6.45) is 8.03. The van der Waals surface area contributed by atoms with Gasteiger partial charge < -0.3 is 21.9 Å². The monoisotopic (exact) mass is 335 g/mol. The van der Waals surface area contributed by atoms with Gasteiger partial charge in [0.2, 0.25) is 5.91 Å². The summed E-state index contributed by atoms with van der Waals surface area (Å²) in [6.45, 7) is 2.21. The maximum absolute atomic E-state index is 11.9. The highest BCUT2D eigenvalue weighted by Crippen LogP contribution is 2.29. The number of amides is 1. The third-order valence-electron chi connectivity index (χ3n) is 4.36. The molecular weight excluding hydrogens is 302 g/mol. The Morgan fingerprint density at radius 3 is 2.38 bits per heavy atom. The van der Waals surface area contributed by atoms with E-state index in [0.29, 0.717) is 12.2 Å². The van der Waals surface area contributed by atoms with Gasteiger partial charge in [-0.1, -0.05) is 57.6 Å². The van der Waals surface area contributed by atoms with Crippen molar-refractivity contribution < 1.29 is 9.53 Å². The van der Waals surface area contributed by atoms with Crippen LogP contribution >= 0.6 is 0 Å². The first kappa shape index (κ1) is 20.5. The lowest BCUT2D eigenvalue weighted by atomic mass is 9.91. The number of ether oxygens (including phenoxy) is 1. The van der Waals surface area contributed by atoms with Gasteiger partial charge in [0.15, 0.2) is 0 Å². The van der Waals surface area contributed by atoms with Crippen LogP contribution < -0.4 is 21.9 Å². The molecule has 0 radical (unpaired) electrons. The Kier molecular flexibility index (Phi) is 9.42. The SMILES string of the molecule is CCCCCCCCC(C(N)=O)c1ccc(CC(N)N)c(OC)c1. The van der Waals surface area contributed by atoms with Gasteiger partial charge in [-0.3, -0.25) is 4.79 Å². The fraction of sp³-hybridized carbons (Fsp3) is 0.632. The number of methoxy groups -OCH3 is 1. The molecule has 1 amide bonds. The van der Waals surface area contributed by atoms with Crippen molar-refractivity contribution in [3.63, 3.8) is 0 Å². The zero-order valence-electron chi connectivity index (χ0n) is 15.1. The topological polar surface area (TPSA) is 104 Å². The molecule has 0 spiro atoms. The van der Waals surface area contributed by atoms with Crippen molar-refractivity contribution in [1.29, 1.82) is 0 Å². The Morgan fingerprint density at radius 1 is 1.12 bits per heavy atom. The number of carbonyl (C=O) groups excluding carboxylic acids is 1. The number of hydrogen-bond donors (Lipinski definition) is 3. The van der Waals surface area contributed by atoms with E-state index in [9.17, 15) is 4.79 Å². The van der Waals surface area contributed by atoms with E-state index >= 15 is 0 Å². The first-order valence-corrected chi connectivity index (χ1v) is 8.96. The third-order valence-corrected chi connectivity index (χ3v) is 4.36. The molecule has 1 atom stereocenters. The second kappa shape index (κ2) is 11.0. The summed E-state index contributed by atoms with van der Waals surface area (Å²) >= 11 is 0. The van der Waals surface area contributed by atoms with E-state index in [1.54, 1.807) is 7.11 Å². The molecule has 0 aromatic heterocycles. The summed E-state index contributed by atoms with van der Waals surface area (Å²) in [5, 5.41) is 0. The molecule has 0 aliphatic heterocycles. The quantitative estimate of drug-likeness (QED) is 0.403. The average molecular weight is 335 g/mol. The minimum Gasteiger partial charge on any atom is -0.496 e. The molecule has 1 aromatic carbocycles. The lowest BCUT2D eigenvalue weighted by Crippen LogP contribution is -2.32. The Bertz CT molecular complexity index is 503. The van der Waals surface area contributed by atoms with Gasteiger partial charge in [-0.2, -0.15) is 0 Å². The van der Waals surface area contributed by atoms with Crippen molar-refractivity contribution in [1.82, 2.24) is 0 Å². The fourth-order valence-electron chi connectivity index (χ4n) is 3.00. The van der Waals surface area contributed by atoms with Crippen LogP contribution in [0.15, 0.2) is 18.2 Å². The van der Waals surface area contributed by atoms with E-state index in [0.717, 1.165) is 30.4 Å². The fourth-order valence-corrected chi connectivity index (χ4v) is 3.00. The largest absolute Gasteiger partial charge is 0.496 e. The average Bonchev–Trinajstić information content (AvgIpc) is 2.54. The maximum Gasteiger partial charge on any atom is 0.224 e. The maximum atomic E-state index is 11.9. The molecule has 6 N–H and O–H groups in total. The number of benzene rings is 1. The molecule has 1 aromatic rings. The van der Waals surface area contributed by atoms with Crippen molar-refractivity contribution in [3.05, 3.63) is 29.3 Å². The molecule has 136 valence electrons. The van der Waals surface area contributed by atoms with Gasteiger partial charge in [-0.25, -0.2) is 0 Å². The molecule has 0 aliphatic rings. The first-order valence-electron chi connectivity index (χ1n) is 8.96. The summed E-state index contributed by atoms with van der Waals surface area (Å²) in [5.41, 5.74) is 18.8. The van der Waals surface area contributed by atoms with Crippen LogP contribution in [0, 0.1) is 0 Å². The Labute approximate surface area is 145 Å². The number of hydrogen-bond acceptors (Lipinski definition) is 4. The summed E-state index contributed by atoms with van der Waals surface area (Å²) in [5.74, 6) is 0.155. The predicted molar refractivity (Wildman–Crippen MR) is 98.8 cm³/mol. The third kappa shape index (κ3) is 6.89. The highest BCUT2D eigenvalue weighted by Gasteiger charge is 2.19. The van der Waals surface area contributed by atoms with Crippen molar-refractivity contribution >= 4 is 5.91 Å². The van der Waals surface area contributed by atoms with Gasteiger partial charge in [0.05, 0.1) is 19.2 Å². The number of carbonyl (C=O) groups is 1. The van der Waals surface area contributed by atoms with Gasteiger partial charge in [-0.15, -0.1) is 0 Å². The number of nitrogens with two attached hydrogens (primary N) is 3. The zero-order valence-corrected chi connectivity index (χ0v) is 15.1. The van der Waals surface area contributed by atoms with E-state index in [4.69, 9.17) is 21.9 Å². The van der Waals surface area contributed by atoms with E-state index < -0.39 is 6.17 Å². The van der Waals surface area contributed by atoms with Crippen LogP contribution in [0.3, 0.4) is 0 Å². The predicted octanol–water partition coefficient (Wildman–Crippen LogP) is 2.80. The molecule has 5 heteroatoms. The summed E-state index contributed by atoms with van der Waals surface area (Å²) in [7, 11) is 1.61. The zero-order chi connectivity index (χ0) is 17.9. The summed E-state index contributed by atoms with van der Waals surface area (Å²) in [6, 6.07) is 5.76. The molecule has 1 unspecified atom stereocenters. The van der Waals surface area contributed by atoms with Gasteiger partial charge >= 0.3 is 0 Å². The Hall–Kier alpha value is -1.59. The van der Waals surface area contributed by atoms with E-state index in [1.165, 1.54) is 25.7 Å². The number of primary amides is 1. The lowest BCUT2D eigenvalue weighted by Gasteiger charge is -2.17. The van der Waals surface area contributed by atoms with Gasteiger partial charge in [0.1, 0.15) is 5.75 Å². The second-order valence-electron chi connectivity index (χ2n) is 6.45. The van der Waals surface area contributed by atoms with E-state index in [-0.39, 0.29) is 11.8 Å². The standard InChI is InChI=1S/C19H33N3O2/c1-3-4-5-6-7-8-9-16(19(22)23)14-10-11-15(13-18(20)21)17(12-14)24-2/h10-12,16,18H,3-9,13,20-21H2,1-2H3,(H2,22,23). The molecule has 24 heavy (non-hydrogen) atoms. The van der Waals surface area contributed by atoms with Crippen LogP contribution in [-0.4, -0.2) is 19.2 Å². The summed E-state index contributed by atoms with van der Waals surface area (Å²) < 4.78 is 5.42. The smallest absolute Gasteiger partial charge is 0.224 e. The summed E-state index contributed by atoms with van der Waals surface area (Å²) in [4.78, 5) is 11.9. The van der Waals surface area contributed by atoms with E-state index in [1.807, 2.05) is 18.2 Å². The normalized spacial score (nSPS) is 12.4. The molecule has 0 saturated heterocycles. The molecule has 0 aliphatic carbocycles. The van der Waals surface area contributed by atoms with Gasteiger partial charge in [0, 0.05) is 6.42 Å². The van der Waals surface area contributed by atoms with Crippen LogP contribution in [0.1, 0.15) is 68.9 Å². The van der Waals surface area contributed by atoms with Gasteiger partial charge in [-0.05, 0) is 23.6 Å². The van der Waals surface area contributed by atoms with Crippen LogP contribution in [0.25, 0.3) is 0 Å². The molecular formula is C19H33N3O2. The number of unbranched alkanes of at least 4 members (excludes halogenated alkanes) is 5. The molecule has 5 nitrogen and oxygen atoms in total. The van der Waals surface area contributed by atoms with E-state index in [2.05, 4.69) is 6.92 Å². The molecule has 0 saturated carbocycles. The van der Waals surface area contributed by atoms with Crippen LogP contribution in [0.5, 0.6) is 5.75 Å². The van der Waals surface area contributed by atoms with Crippen molar-refractivity contribution in [2.24, 2.45) is 17.2 Å². The Morgan fingerprint density at radius 2 is 1.79 bits per heavy atom. The van der Waals surface area contributed by atoms with Crippen LogP contribution in [0.2, 0.25) is 0 Å². The van der Waals surface area contributed by atoms with Gasteiger partial charge in [0.25, 0.3) is 0 Å². The molecule has 0 fully saturated rings. The molecule has 0 heterocycles. The minimum absolute atomic E-state index is 0.273. The molecule has 1 rings (SSSR count). The number of rotatable bonds is 12. The second-order valence-corrected chi connectivity index (χ2v) is 6.45. The molecule has 0 bridgehead atoms. The van der Waals surface area contributed by atoms with Crippen molar-refractivity contribution in [2.75, 3.05) is 7.11 Å². The Balaban J connectivity index is 2.72. The van der Waals surface area contributed by atoms with Crippen LogP contribution in [-0.2, 0) is 11.2 Å². The highest BCUT2D eigenvalue weighted by atomic mass is 16.5. The first-order chi connectivity index (χ1) is 11.5. The lowest BCUT2D eigenvalue weighted by molar-refractivity contribution is -0.119. The minimum atomic E-state index is -0.431. The van der Waals surface area contributed by atoms with Crippen LogP contribution in [0.4, 0.5) is 0 Å². The van der Waals surface area contributed by atoms with Crippen molar-refractivity contribution in [3.8, 4) is 5.75 Å². The van der Waals surface area contributed by atoms with Crippen molar-refractivity contribution in [2.45, 2.75) is 70.4 Å². The highest BCUT2D eigenvalue weighted by molar-refractivity contribution is 5.82.